The number of carbonyl (C=O) groups is 2. The monoisotopic (exact) mass is 255 g/mol. The van der Waals surface area contributed by atoms with Crippen molar-refractivity contribution < 1.29 is 19.4 Å². The number of carbonyl (C=O) groups excluding carboxylic acids is 1. The van der Waals surface area contributed by atoms with Crippen LogP contribution >= 0.6 is 0 Å². The van der Waals surface area contributed by atoms with Crippen molar-refractivity contribution in [1.82, 2.24) is 5.32 Å². The average molecular weight is 255 g/mol. The number of carboxylic acid groups (broad SMARTS) is 1. The van der Waals surface area contributed by atoms with E-state index in [4.69, 9.17) is 5.11 Å². The van der Waals surface area contributed by atoms with Gasteiger partial charge in [-0.2, -0.15) is 0 Å². The second kappa shape index (κ2) is 7.53. The van der Waals surface area contributed by atoms with Gasteiger partial charge in [-0.05, 0) is 45.5 Å². The van der Waals surface area contributed by atoms with E-state index in [9.17, 15) is 9.59 Å². The number of allylic oxidation sites excluding steroid dienone is 2. The number of nitrogens with one attached hydrogen (secondary N) is 1. The molecule has 5 heteroatoms. The van der Waals surface area contributed by atoms with Gasteiger partial charge in [0.25, 0.3) is 0 Å². The third kappa shape index (κ3) is 6.08. The van der Waals surface area contributed by atoms with Gasteiger partial charge >= 0.3 is 11.9 Å². The van der Waals surface area contributed by atoms with Crippen molar-refractivity contribution in [3.63, 3.8) is 0 Å². The van der Waals surface area contributed by atoms with Crippen LogP contribution in [-0.4, -0.2) is 29.2 Å². The first kappa shape index (κ1) is 16.2. The maximum absolute atomic E-state index is 11.3. The first-order valence-corrected chi connectivity index (χ1v) is 5.89. The van der Waals surface area contributed by atoms with Crippen LogP contribution in [0.5, 0.6) is 0 Å². The van der Waals surface area contributed by atoms with E-state index in [1.807, 2.05) is 20.8 Å². The van der Waals surface area contributed by atoms with E-state index in [2.05, 4.69) is 10.1 Å². The average Bonchev–Trinajstić information content (AvgIpc) is 2.28. The molecule has 5 nitrogen and oxygen atoms in total. The lowest BCUT2D eigenvalue weighted by atomic mass is 10.0. The molecule has 0 bridgehead atoms. The van der Waals surface area contributed by atoms with Crippen LogP contribution in [0.4, 0.5) is 0 Å². The molecule has 0 unspecified atom stereocenters. The van der Waals surface area contributed by atoms with Gasteiger partial charge in [-0.15, -0.1) is 0 Å². The summed E-state index contributed by atoms with van der Waals surface area (Å²) in [5.74, 6) is -2.13. The molecule has 0 aromatic rings. The number of carboxylic acids is 1. The molecule has 0 fully saturated rings. The molecule has 0 aliphatic heterocycles. The van der Waals surface area contributed by atoms with Crippen molar-refractivity contribution >= 4 is 11.9 Å². The molecule has 0 aliphatic carbocycles. The number of aliphatic carboxylic acids is 1. The SMILES string of the molecule is CCOC(=O)C(=CC=CNC(C)(C)CC)C(=O)O. The molecule has 0 aromatic carbocycles. The van der Waals surface area contributed by atoms with Crippen molar-refractivity contribution in [2.24, 2.45) is 0 Å². The van der Waals surface area contributed by atoms with Crippen molar-refractivity contribution in [3.8, 4) is 0 Å². The first-order valence-electron chi connectivity index (χ1n) is 5.89. The summed E-state index contributed by atoms with van der Waals surface area (Å²) in [5, 5.41) is 12.0. The van der Waals surface area contributed by atoms with E-state index in [0.717, 1.165) is 6.42 Å². The normalized spacial score (nSPS) is 12.6. The highest BCUT2D eigenvalue weighted by atomic mass is 16.5. The molecule has 0 aromatic heterocycles. The lowest BCUT2D eigenvalue weighted by Crippen LogP contribution is -2.34. The van der Waals surface area contributed by atoms with Gasteiger partial charge in [0.05, 0.1) is 6.61 Å². The number of rotatable bonds is 7. The van der Waals surface area contributed by atoms with Gasteiger partial charge in [-0.25, -0.2) is 9.59 Å². The van der Waals surface area contributed by atoms with E-state index in [0.29, 0.717) is 0 Å². The van der Waals surface area contributed by atoms with E-state index >= 15 is 0 Å². The van der Waals surface area contributed by atoms with E-state index in [-0.39, 0.29) is 17.7 Å². The van der Waals surface area contributed by atoms with Crippen LogP contribution in [0.25, 0.3) is 0 Å². The molecule has 0 rings (SSSR count). The summed E-state index contributed by atoms with van der Waals surface area (Å²) in [6.45, 7) is 7.85. The molecule has 0 aliphatic rings. The maximum atomic E-state index is 11.3. The van der Waals surface area contributed by atoms with Gasteiger partial charge in [0.2, 0.25) is 0 Å². The van der Waals surface area contributed by atoms with Gasteiger partial charge in [-0.1, -0.05) is 6.92 Å². The molecule has 0 heterocycles. The van der Waals surface area contributed by atoms with E-state index < -0.39 is 11.9 Å². The lowest BCUT2D eigenvalue weighted by Gasteiger charge is -2.22. The highest BCUT2D eigenvalue weighted by Crippen LogP contribution is 2.06. The van der Waals surface area contributed by atoms with E-state index in [1.165, 1.54) is 12.2 Å². The van der Waals surface area contributed by atoms with Crippen molar-refractivity contribution in [3.05, 3.63) is 23.9 Å². The van der Waals surface area contributed by atoms with Gasteiger partial charge in [0, 0.05) is 5.54 Å². The van der Waals surface area contributed by atoms with Gasteiger partial charge < -0.3 is 15.2 Å². The second-order valence-electron chi connectivity index (χ2n) is 4.35. The van der Waals surface area contributed by atoms with Crippen molar-refractivity contribution in [2.45, 2.75) is 39.7 Å². The van der Waals surface area contributed by atoms with Gasteiger partial charge in [-0.3, -0.25) is 0 Å². The fourth-order valence-corrected chi connectivity index (χ4v) is 0.956. The van der Waals surface area contributed by atoms with Crippen molar-refractivity contribution in [2.75, 3.05) is 6.61 Å². The minimum absolute atomic E-state index is 0.0718. The number of hydrogen-bond donors (Lipinski definition) is 2. The summed E-state index contributed by atoms with van der Waals surface area (Å²) >= 11 is 0. The van der Waals surface area contributed by atoms with Gasteiger partial charge in [0.1, 0.15) is 5.57 Å². The fraction of sp³-hybridized carbons (Fsp3) is 0.538. The predicted molar refractivity (Wildman–Crippen MR) is 69.0 cm³/mol. The Kier molecular flexibility index (Phi) is 6.78. The summed E-state index contributed by atoms with van der Waals surface area (Å²) in [4.78, 5) is 22.1. The maximum Gasteiger partial charge on any atom is 0.345 e. The zero-order valence-corrected chi connectivity index (χ0v) is 11.3. The second-order valence-corrected chi connectivity index (χ2v) is 4.35. The Labute approximate surface area is 108 Å². The predicted octanol–water partition coefficient (Wildman–Crippen LogP) is 1.85. The highest BCUT2D eigenvalue weighted by molar-refractivity contribution is 6.13. The molecule has 0 amide bonds. The minimum atomic E-state index is -1.30. The largest absolute Gasteiger partial charge is 0.477 e. The Balaban J connectivity index is 4.65. The van der Waals surface area contributed by atoms with Crippen LogP contribution in [0.1, 0.15) is 34.1 Å². The molecule has 0 saturated heterocycles. The molecule has 102 valence electrons. The number of hydrogen-bond acceptors (Lipinski definition) is 4. The number of esters is 1. The Morgan fingerprint density at radius 3 is 2.39 bits per heavy atom. The van der Waals surface area contributed by atoms with Gasteiger partial charge in [0.15, 0.2) is 0 Å². The first-order chi connectivity index (χ1) is 8.34. The van der Waals surface area contributed by atoms with E-state index in [1.54, 1.807) is 13.1 Å². The summed E-state index contributed by atoms with van der Waals surface area (Å²) in [6, 6.07) is 0. The Bertz CT molecular complexity index is 356. The molecule has 0 saturated carbocycles. The Hall–Kier alpha value is -1.78. The van der Waals surface area contributed by atoms with Crippen LogP contribution < -0.4 is 5.32 Å². The van der Waals surface area contributed by atoms with Crippen LogP contribution in [0.2, 0.25) is 0 Å². The molecular formula is C13H21NO4. The summed E-state index contributed by atoms with van der Waals surface area (Å²) < 4.78 is 4.64. The molecular weight excluding hydrogens is 234 g/mol. The molecule has 0 radical (unpaired) electrons. The summed E-state index contributed by atoms with van der Waals surface area (Å²) in [7, 11) is 0. The lowest BCUT2D eigenvalue weighted by molar-refractivity contribution is -0.143. The fourth-order valence-electron chi connectivity index (χ4n) is 0.956. The van der Waals surface area contributed by atoms with Crippen LogP contribution in [-0.2, 0) is 14.3 Å². The number of ether oxygens (including phenoxy) is 1. The Morgan fingerprint density at radius 1 is 1.33 bits per heavy atom. The smallest absolute Gasteiger partial charge is 0.345 e. The summed E-state index contributed by atoms with van der Waals surface area (Å²) in [6.07, 6.45) is 5.24. The zero-order chi connectivity index (χ0) is 14.2. The zero-order valence-electron chi connectivity index (χ0n) is 11.3. The van der Waals surface area contributed by atoms with Crippen LogP contribution in [0, 0.1) is 0 Å². The molecule has 0 atom stereocenters. The highest BCUT2D eigenvalue weighted by Gasteiger charge is 2.17. The quantitative estimate of drug-likeness (QED) is 0.239. The van der Waals surface area contributed by atoms with Crippen LogP contribution in [0.3, 0.4) is 0 Å². The third-order valence-corrected chi connectivity index (χ3v) is 2.44. The molecule has 18 heavy (non-hydrogen) atoms. The minimum Gasteiger partial charge on any atom is -0.477 e. The topological polar surface area (TPSA) is 75.6 Å². The Morgan fingerprint density at radius 2 is 1.94 bits per heavy atom. The molecule has 2 N–H and O–H groups in total. The third-order valence-electron chi connectivity index (χ3n) is 2.44. The van der Waals surface area contributed by atoms with Crippen LogP contribution in [0.15, 0.2) is 23.9 Å². The summed E-state index contributed by atoms with van der Waals surface area (Å²) in [5.41, 5.74) is -0.457. The molecule has 0 spiro atoms. The standard InChI is InChI=1S/C13H21NO4/c1-5-13(3,4)14-9-7-8-10(11(15)16)12(17)18-6-2/h7-9,14H,5-6H2,1-4H3,(H,15,16). The van der Waals surface area contributed by atoms with Crippen molar-refractivity contribution in [1.29, 1.82) is 0 Å².